The first kappa shape index (κ1) is 18.3. The Morgan fingerprint density at radius 2 is 1.92 bits per heavy atom. The lowest BCUT2D eigenvalue weighted by Crippen LogP contribution is -2.12. The number of ether oxygens (including phenoxy) is 1. The van der Waals surface area contributed by atoms with Crippen molar-refractivity contribution in [3.05, 3.63) is 41.2 Å². The van der Waals surface area contributed by atoms with Crippen molar-refractivity contribution in [2.45, 2.75) is 24.9 Å². The molecular formula is C16H16ClN3O5S. The third-order valence-electron chi connectivity index (χ3n) is 3.40. The average Bonchev–Trinajstić information content (AvgIpc) is 3.24. The minimum absolute atomic E-state index is 0.0476. The van der Waals surface area contributed by atoms with Gasteiger partial charge in [0.1, 0.15) is 5.75 Å². The second kappa shape index (κ2) is 7.00. The van der Waals surface area contributed by atoms with Gasteiger partial charge in [0.15, 0.2) is 5.76 Å². The van der Waals surface area contributed by atoms with Crippen LogP contribution in [0.4, 0.5) is 5.69 Å². The van der Waals surface area contributed by atoms with Crippen LogP contribution in [0.2, 0.25) is 5.02 Å². The van der Waals surface area contributed by atoms with E-state index in [0.717, 1.165) is 0 Å². The monoisotopic (exact) mass is 397 g/mol. The Labute approximate surface area is 155 Å². The van der Waals surface area contributed by atoms with E-state index >= 15 is 0 Å². The van der Waals surface area contributed by atoms with E-state index in [1.807, 2.05) is 13.8 Å². The van der Waals surface area contributed by atoms with E-state index in [1.54, 1.807) is 12.1 Å². The Kier molecular flexibility index (Phi) is 4.92. The van der Waals surface area contributed by atoms with Crippen LogP contribution in [0.25, 0.3) is 11.7 Å². The van der Waals surface area contributed by atoms with Gasteiger partial charge in [-0.05, 0) is 30.3 Å². The molecule has 0 fully saturated rings. The lowest BCUT2D eigenvalue weighted by molar-refractivity contribution is 0.416. The van der Waals surface area contributed by atoms with Crippen LogP contribution in [0.15, 0.2) is 44.3 Å². The molecule has 0 aliphatic carbocycles. The molecule has 1 aromatic carbocycles. The summed E-state index contributed by atoms with van der Waals surface area (Å²) in [4.78, 5) is 0. The summed E-state index contributed by atoms with van der Waals surface area (Å²) in [5, 5.41) is 7.80. The number of anilines is 1. The van der Waals surface area contributed by atoms with E-state index in [2.05, 4.69) is 14.9 Å². The van der Waals surface area contributed by atoms with Crippen molar-refractivity contribution >= 4 is 27.3 Å². The van der Waals surface area contributed by atoms with Gasteiger partial charge >= 0.3 is 0 Å². The fourth-order valence-electron chi connectivity index (χ4n) is 2.10. The van der Waals surface area contributed by atoms with Crippen molar-refractivity contribution in [2.24, 2.45) is 0 Å². The molecule has 10 heteroatoms. The number of rotatable bonds is 6. The maximum Gasteiger partial charge on any atom is 0.295 e. The molecule has 0 amide bonds. The highest BCUT2D eigenvalue weighted by Crippen LogP contribution is 2.31. The first-order valence-corrected chi connectivity index (χ1v) is 9.46. The molecule has 2 heterocycles. The van der Waals surface area contributed by atoms with Gasteiger partial charge in [-0.15, -0.1) is 10.2 Å². The lowest BCUT2D eigenvalue weighted by Gasteiger charge is -2.10. The van der Waals surface area contributed by atoms with Gasteiger partial charge in [0, 0.05) is 10.9 Å². The molecule has 0 saturated heterocycles. The molecule has 3 rings (SSSR count). The normalized spacial score (nSPS) is 11.7. The number of methoxy groups -OCH3 is 1. The number of hydrogen-bond donors (Lipinski definition) is 1. The zero-order valence-corrected chi connectivity index (χ0v) is 15.8. The smallest absolute Gasteiger partial charge is 0.295 e. The van der Waals surface area contributed by atoms with E-state index in [9.17, 15) is 8.42 Å². The first-order chi connectivity index (χ1) is 12.3. The third kappa shape index (κ3) is 3.68. The van der Waals surface area contributed by atoms with Crippen LogP contribution in [0.1, 0.15) is 25.7 Å². The highest BCUT2D eigenvalue weighted by molar-refractivity contribution is 7.92. The predicted octanol–water partition coefficient (Wildman–Crippen LogP) is 3.92. The molecule has 0 radical (unpaired) electrons. The van der Waals surface area contributed by atoms with Crippen LogP contribution in [0.3, 0.4) is 0 Å². The molecule has 3 aromatic rings. The van der Waals surface area contributed by atoms with Crippen molar-refractivity contribution in [3.63, 3.8) is 0 Å². The summed E-state index contributed by atoms with van der Waals surface area (Å²) in [5.74, 6) is 1.07. The van der Waals surface area contributed by atoms with E-state index in [-0.39, 0.29) is 28.3 Å². The number of hydrogen-bond acceptors (Lipinski definition) is 7. The SMILES string of the molecule is COc1ccc(Cl)cc1NS(=O)(=O)c1ccc(-c2nnc(C(C)C)o2)o1. The number of halogens is 1. The topological polar surface area (TPSA) is 107 Å². The molecule has 0 atom stereocenters. The molecule has 0 bridgehead atoms. The Bertz CT molecular complexity index is 1030. The Morgan fingerprint density at radius 1 is 1.15 bits per heavy atom. The zero-order chi connectivity index (χ0) is 18.9. The quantitative estimate of drug-likeness (QED) is 0.671. The molecule has 8 nitrogen and oxygen atoms in total. The summed E-state index contributed by atoms with van der Waals surface area (Å²) >= 11 is 5.92. The maximum absolute atomic E-state index is 12.6. The molecule has 2 aromatic heterocycles. The number of sulfonamides is 1. The largest absolute Gasteiger partial charge is 0.495 e. The third-order valence-corrected chi connectivity index (χ3v) is 4.87. The van der Waals surface area contributed by atoms with Crippen LogP contribution in [0.5, 0.6) is 5.75 Å². The van der Waals surface area contributed by atoms with E-state index in [1.165, 1.54) is 25.3 Å². The summed E-state index contributed by atoms with van der Waals surface area (Å²) in [6.07, 6.45) is 0. The van der Waals surface area contributed by atoms with E-state index < -0.39 is 10.0 Å². The second-order valence-corrected chi connectivity index (χ2v) is 7.72. The van der Waals surface area contributed by atoms with Gasteiger partial charge in [-0.3, -0.25) is 4.72 Å². The molecule has 1 N–H and O–H groups in total. The van der Waals surface area contributed by atoms with Crippen molar-refractivity contribution in [1.82, 2.24) is 10.2 Å². The maximum atomic E-state index is 12.6. The number of benzene rings is 1. The second-order valence-electron chi connectivity index (χ2n) is 5.67. The number of furan rings is 1. The first-order valence-electron chi connectivity index (χ1n) is 7.60. The van der Waals surface area contributed by atoms with Crippen molar-refractivity contribution < 1.29 is 22.0 Å². The summed E-state index contributed by atoms with van der Waals surface area (Å²) < 4.78 is 43.5. The predicted molar refractivity (Wildman–Crippen MR) is 94.9 cm³/mol. The van der Waals surface area contributed by atoms with Gasteiger partial charge in [0.05, 0.1) is 12.8 Å². The van der Waals surface area contributed by atoms with Crippen LogP contribution in [0, 0.1) is 0 Å². The molecule has 0 aliphatic heterocycles. The Balaban J connectivity index is 1.89. The number of aromatic nitrogens is 2. The minimum atomic E-state index is -4.00. The molecule has 138 valence electrons. The molecule has 0 saturated carbocycles. The number of nitrogens with one attached hydrogen (secondary N) is 1. The van der Waals surface area contributed by atoms with Crippen LogP contribution >= 0.6 is 11.6 Å². The van der Waals surface area contributed by atoms with Gasteiger partial charge in [0.25, 0.3) is 15.9 Å². The standard InChI is InChI=1S/C16H16ClN3O5S/c1-9(2)15-18-19-16(25-15)13-6-7-14(24-13)26(21,22)20-11-8-10(17)4-5-12(11)23-3/h4-9,20H,1-3H3. The van der Waals surface area contributed by atoms with Crippen LogP contribution < -0.4 is 9.46 Å². The van der Waals surface area contributed by atoms with Gasteiger partial charge in [0.2, 0.25) is 11.0 Å². The highest BCUT2D eigenvalue weighted by Gasteiger charge is 2.23. The van der Waals surface area contributed by atoms with Gasteiger partial charge < -0.3 is 13.6 Å². The highest BCUT2D eigenvalue weighted by atomic mass is 35.5. The summed E-state index contributed by atoms with van der Waals surface area (Å²) in [5.41, 5.74) is 0.192. The van der Waals surface area contributed by atoms with Crippen LogP contribution in [-0.4, -0.2) is 25.7 Å². The molecule has 0 unspecified atom stereocenters. The average molecular weight is 398 g/mol. The fourth-order valence-corrected chi connectivity index (χ4v) is 3.27. The van der Waals surface area contributed by atoms with Gasteiger partial charge in [-0.25, -0.2) is 0 Å². The van der Waals surface area contributed by atoms with E-state index in [4.69, 9.17) is 25.2 Å². The number of nitrogens with zero attached hydrogens (tertiary/aromatic N) is 2. The minimum Gasteiger partial charge on any atom is -0.495 e. The molecule has 0 aliphatic rings. The van der Waals surface area contributed by atoms with E-state index in [0.29, 0.717) is 16.7 Å². The van der Waals surface area contributed by atoms with Crippen molar-refractivity contribution in [1.29, 1.82) is 0 Å². The lowest BCUT2D eigenvalue weighted by atomic mass is 10.2. The van der Waals surface area contributed by atoms with Gasteiger partial charge in [-0.2, -0.15) is 8.42 Å². The summed E-state index contributed by atoms with van der Waals surface area (Å²) in [6.45, 7) is 3.80. The molecule has 0 spiro atoms. The van der Waals surface area contributed by atoms with Crippen molar-refractivity contribution in [2.75, 3.05) is 11.8 Å². The van der Waals surface area contributed by atoms with Gasteiger partial charge in [-0.1, -0.05) is 25.4 Å². The summed E-state index contributed by atoms with van der Waals surface area (Å²) in [7, 11) is -2.58. The Hall–Kier alpha value is -2.52. The molecule has 26 heavy (non-hydrogen) atoms. The fraction of sp³-hybridized carbons (Fsp3) is 0.250. The van der Waals surface area contributed by atoms with Crippen molar-refractivity contribution in [3.8, 4) is 17.4 Å². The zero-order valence-electron chi connectivity index (χ0n) is 14.2. The molecular weight excluding hydrogens is 382 g/mol. The Morgan fingerprint density at radius 3 is 2.58 bits per heavy atom. The van der Waals surface area contributed by atoms with Crippen LogP contribution in [-0.2, 0) is 10.0 Å². The summed E-state index contributed by atoms with van der Waals surface area (Å²) in [6, 6.07) is 7.33.